The van der Waals surface area contributed by atoms with Gasteiger partial charge in [-0.25, -0.2) is 4.98 Å². The third-order valence-electron chi connectivity index (χ3n) is 3.13. The van der Waals surface area contributed by atoms with E-state index in [9.17, 15) is 0 Å². The van der Waals surface area contributed by atoms with E-state index in [0.29, 0.717) is 5.82 Å². The Hall–Kier alpha value is -1.35. The van der Waals surface area contributed by atoms with Gasteiger partial charge < -0.3 is 5.73 Å². The summed E-state index contributed by atoms with van der Waals surface area (Å²) in [5.41, 5.74) is 11.0. The maximum Gasteiger partial charge on any atom is 0.135 e. The molecule has 0 aliphatic heterocycles. The maximum absolute atomic E-state index is 5.71. The number of nitrogen functional groups attached to an aromatic ring is 1. The van der Waals surface area contributed by atoms with Crippen LogP contribution in [-0.2, 0) is 5.41 Å². The smallest absolute Gasteiger partial charge is 0.135 e. The molecule has 3 heteroatoms. The molecule has 2 aromatic rings. The molecule has 0 bridgehead atoms. The van der Waals surface area contributed by atoms with E-state index in [2.05, 4.69) is 51.7 Å². The van der Waals surface area contributed by atoms with Crippen molar-refractivity contribution in [1.82, 2.24) is 4.98 Å². The first-order chi connectivity index (χ1) is 8.29. The molecule has 1 aromatic heterocycles. The van der Waals surface area contributed by atoms with Gasteiger partial charge in [0, 0.05) is 10.9 Å². The monoisotopic (exact) mass is 260 g/mol. The molecule has 2 nitrogen and oxygen atoms in total. The van der Waals surface area contributed by atoms with Crippen molar-refractivity contribution in [3.63, 3.8) is 0 Å². The standard InChI is InChI=1S/C15H20N2S/c1-9-6-11(15(3,4)5)7-10(2)13(9)14-17-12(16)8-18-14/h6-8H,16H2,1-5H3. The quantitative estimate of drug-likeness (QED) is 0.830. The van der Waals surface area contributed by atoms with E-state index in [1.54, 1.807) is 11.3 Å². The van der Waals surface area contributed by atoms with Crippen LogP contribution in [0.15, 0.2) is 17.5 Å². The fourth-order valence-corrected chi connectivity index (χ4v) is 3.02. The molecule has 1 heterocycles. The number of nitrogens with two attached hydrogens (primary N) is 1. The number of benzene rings is 1. The lowest BCUT2D eigenvalue weighted by atomic mass is 9.84. The van der Waals surface area contributed by atoms with Crippen LogP contribution in [0, 0.1) is 13.8 Å². The Balaban J connectivity index is 2.58. The molecular formula is C15H20N2S. The van der Waals surface area contributed by atoms with E-state index >= 15 is 0 Å². The molecule has 2 N–H and O–H groups in total. The highest BCUT2D eigenvalue weighted by molar-refractivity contribution is 7.13. The van der Waals surface area contributed by atoms with Gasteiger partial charge in [0.05, 0.1) is 0 Å². The van der Waals surface area contributed by atoms with Gasteiger partial charge in [0.25, 0.3) is 0 Å². The number of rotatable bonds is 1. The molecule has 0 unspecified atom stereocenters. The molecule has 0 aliphatic rings. The Labute approximate surface area is 113 Å². The zero-order valence-corrected chi connectivity index (χ0v) is 12.5. The lowest BCUT2D eigenvalue weighted by Crippen LogP contribution is -2.12. The van der Waals surface area contributed by atoms with Crippen molar-refractivity contribution in [3.8, 4) is 10.6 Å². The number of hydrogen-bond donors (Lipinski definition) is 1. The van der Waals surface area contributed by atoms with E-state index in [-0.39, 0.29) is 5.41 Å². The summed E-state index contributed by atoms with van der Waals surface area (Å²) in [6.45, 7) is 11.0. The van der Waals surface area contributed by atoms with Crippen LogP contribution in [0.5, 0.6) is 0 Å². The van der Waals surface area contributed by atoms with Crippen molar-refractivity contribution >= 4 is 17.2 Å². The highest BCUT2D eigenvalue weighted by atomic mass is 32.1. The van der Waals surface area contributed by atoms with Crippen LogP contribution in [0.2, 0.25) is 0 Å². The lowest BCUT2D eigenvalue weighted by molar-refractivity contribution is 0.589. The lowest BCUT2D eigenvalue weighted by Gasteiger charge is -2.21. The van der Waals surface area contributed by atoms with E-state index in [4.69, 9.17) is 5.73 Å². The zero-order chi connectivity index (χ0) is 13.5. The first-order valence-corrected chi connectivity index (χ1v) is 7.00. The minimum Gasteiger partial charge on any atom is -0.383 e. The van der Waals surface area contributed by atoms with Gasteiger partial charge in [-0.1, -0.05) is 32.9 Å². The van der Waals surface area contributed by atoms with Crippen LogP contribution in [0.4, 0.5) is 5.82 Å². The number of aromatic nitrogens is 1. The van der Waals surface area contributed by atoms with Crippen LogP contribution >= 0.6 is 11.3 Å². The molecule has 0 spiro atoms. The van der Waals surface area contributed by atoms with Crippen LogP contribution < -0.4 is 5.73 Å². The van der Waals surface area contributed by atoms with Crippen molar-refractivity contribution < 1.29 is 0 Å². The molecule has 0 amide bonds. The summed E-state index contributed by atoms with van der Waals surface area (Å²) in [6, 6.07) is 4.53. The summed E-state index contributed by atoms with van der Waals surface area (Å²) in [5.74, 6) is 0.605. The molecule has 0 fully saturated rings. The third-order valence-corrected chi connectivity index (χ3v) is 4.01. The van der Waals surface area contributed by atoms with Crippen molar-refractivity contribution in [2.24, 2.45) is 0 Å². The Morgan fingerprint density at radius 3 is 2.06 bits per heavy atom. The molecule has 0 saturated heterocycles. The van der Waals surface area contributed by atoms with E-state index in [1.807, 2.05) is 5.38 Å². The predicted octanol–water partition coefficient (Wildman–Crippen LogP) is 4.31. The summed E-state index contributed by atoms with van der Waals surface area (Å²) in [6.07, 6.45) is 0. The van der Waals surface area contributed by atoms with Gasteiger partial charge >= 0.3 is 0 Å². The Bertz CT molecular complexity index is 553. The summed E-state index contributed by atoms with van der Waals surface area (Å²) in [5, 5.41) is 2.91. The van der Waals surface area contributed by atoms with E-state index in [0.717, 1.165) is 5.01 Å². The Kier molecular flexibility index (Phi) is 3.20. The zero-order valence-electron chi connectivity index (χ0n) is 11.7. The number of anilines is 1. The fourth-order valence-electron chi connectivity index (χ4n) is 2.13. The maximum atomic E-state index is 5.71. The van der Waals surface area contributed by atoms with Crippen molar-refractivity contribution in [2.45, 2.75) is 40.0 Å². The molecular weight excluding hydrogens is 240 g/mol. The molecule has 96 valence electrons. The Morgan fingerprint density at radius 2 is 1.67 bits per heavy atom. The van der Waals surface area contributed by atoms with E-state index in [1.165, 1.54) is 22.3 Å². The molecule has 0 saturated carbocycles. The number of nitrogens with zero attached hydrogens (tertiary/aromatic N) is 1. The normalized spacial score (nSPS) is 11.8. The van der Waals surface area contributed by atoms with Crippen LogP contribution in [0.1, 0.15) is 37.5 Å². The molecule has 2 rings (SSSR count). The fraction of sp³-hybridized carbons (Fsp3) is 0.400. The van der Waals surface area contributed by atoms with Crippen LogP contribution in [0.25, 0.3) is 10.6 Å². The van der Waals surface area contributed by atoms with Gasteiger partial charge in [-0.15, -0.1) is 11.3 Å². The number of hydrogen-bond acceptors (Lipinski definition) is 3. The summed E-state index contributed by atoms with van der Waals surface area (Å²) in [4.78, 5) is 4.39. The van der Waals surface area contributed by atoms with Gasteiger partial charge in [0.15, 0.2) is 0 Å². The summed E-state index contributed by atoms with van der Waals surface area (Å²) < 4.78 is 0. The van der Waals surface area contributed by atoms with Gasteiger partial charge in [-0.05, 0) is 36.0 Å². The topological polar surface area (TPSA) is 38.9 Å². The highest BCUT2D eigenvalue weighted by Crippen LogP contribution is 2.34. The average molecular weight is 260 g/mol. The van der Waals surface area contributed by atoms with Gasteiger partial charge in [0.1, 0.15) is 10.8 Å². The molecule has 1 aromatic carbocycles. The second-order valence-corrected chi connectivity index (χ2v) is 6.67. The highest BCUT2D eigenvalue weighted by Gasteiger charge is 2.17. The van der Waals surface area contributed by atoms with Crippen molar-refractivity contribution in [2.75, 3.05) is 5.73 Å². The van der Waals surface area contributed by atoms with Crippen LogP contribution in [0.3, 0.4) is 0 Å². The minimum absolute atomic E-state index is 0.177. The second-order valence-electron chi connectivity index (χ2n) is 5.81. The molecule has 0 aliphatic carbocycles. The van der Waals surface area contributed by atoms with Crippen molar-refractivity contribution in [1.29, 1.82) is 0 Å². The predicted molar refractivity (Wildman–Crippen MR) is 80.1 cm³/mol. The average Bonchev–Trinajstić information content (AvgIpc) is 2.62. The Morgan fingerprint density at radius 1 is 1.11 bits per heavy atom. The summed E-state index contributed by atoms with van der Waals surface area (Å²) in [7, 11) is 0. The first-order valence-electron chi connectivity index (χ1n) is 6.12. The van der Waals surface area contributed by atoms with E-state index < -0.39 is 0 Å². The third kappa shape index (κ3) is 2.41. The first kappa shape index (κ1) is 13.1. The minimum atomic E-state index is 0.177. The van der Waals surface area contributed by atoms with Gasteiger partial charge in [0.2, 0.25) is 0 Å². The SMILES string of the molecule is Cc1cc(C(C)(C)C)cc(C)c1-c1nc(N)cs1. The largest absolute Gasteiger partial charge is 0.383 e. The van der Waals surface area contributed by atoms with Crippen molar-refractivity contribution in [3.05, 3.63) is 34.2 Å². The molecule has 0 radical (unpaired) electrons. The van der Waals surface area contributed by atoms with Gasteiger partial charge in [-0.3, -0.25) is 0 Å². The van der Waals surface area contributed by atoms with Gasteiger partial charge in [-0.2, -0.15) is 0 Å². The summed E-state index contributed by atoms with van der Waals surface area (Å²) >= 11 is 1.61. The number of thiazole rings is 1. The number of aryl methyl sites for hydroxylation is 2. The molecule has 18 heavy (non-hydrogen) atoms. The van der Waals surface area contributed by atoms with Crippen LogP contribution in [-0.4, -0.2) is 4.98 Å². The second kappa shape index (κ2) is 4.39. The molecule has 0 atom stereocenters.